The van der Waals surface area contributed by atoms with Crippen molar-refractivity contribution in [3.8, 4) is 34.0 Å². The van der Waals surface area contributed by atoms with Crippen LogP contribution in [-0.2, 0) is 16.1 Å². The third-order valence-electron chi connectivity index (χ3n) is 5.95. The molecule has 9 heteroatoms. The fourth-order valence-electron chi connectivity index (χ4n) is 3.84. The second kappa shape index (κ2) is 10.3. The van der Waals surface area contributed by atoms with E-state index in [4.69, 9.17) is 9.26 Å². The van der Waals surface area contributed by atoms with Crippen LogP contribution in [0.4, 0.5) is 4.39 Å². The number of benzene rings is 3. The molecule has 37 heavy (non-hydrogen) atoms. The summed E-state index contributed by atoms with van der Waals surface area (Å²) in [7, 11) is 1.63. The number of aryl methyl sites for hydroxylation is 1. The Morgan fingerprint density at radius 2 is 1.78 bits per heavy atom. The zero-order valence-corrected chi connectivity index (χ0v) is 20.8. The van der Waals surface area contributed by atoms with Gasteiger partial charge in [-0.25, -0.2) is 9.18 Å². The van der Waals surface area contributed by atoms with Crippen LogP contribution >= 0.6 is 0 Å². The number of nitrogens with zero attached hydrogens (tertiary/aromatic N) is 2. The number of carbonyl (C=O) groups excluding carboxylic acids is 1. The fraction of sp³-hybridized carbons (Fsp3) is 0.214. The Balaban J connectivity index is 1.61. The molecular weight excluding hydrogens is 477 g/mol. The van der Waals surface area contributed by atoms with Crippen molar-refractivity contribution in [2.45, 2.75) is 32.9 Å². The molecule has 190 valence electrons. The number of methoxy groups -OCH3 is 1. The van der Waals surface area contributed by atoms with E-state index < -0.39 is 23.2 Å². The van der Waals surface area contributed by atoms with Gasteiger partial charge >= 0.3 is 5.97 Å². The van der Waals surface area contributed by atoms with Gasteiger partial charge in [-0.1, -0.05) is 41.6 Å². The molecule has 0 radical (unpaired) electrons. The van der Waals surface area contributed by atoms with E-state index in [0.717, 1.165) is 28.3 Å². The molecular formula is C28H26FN3O5. The van der Waals surface area contributed by atoms with Crippen LogP contribution in [0, 0.1) is 12.7 Å². The Labute approximate surface area is 213 Å². The minimum atomic E-state index is -1.55. The van der Waals surface area contributed by atoms with Crippen LogP contribution in [0.5, 0.6) is 0 Å². The summed E-state index contributed by atoms with van der Waals surface area (Å²) in [5.74, 6) is -2.54. The summed E-state index contributed by atoms with van der Waals surface area (Å²) >= 11 is 0. The number of halogens is 1. The SMILES string of the molecule is COCc1cc(-c2nc(-c3ccc(C(=O)NC(C)(C)C(=O)O)c(F)c3)no2)ccc1-c1ccccc1C. The average molecular weight is 504 g/mol. The maximum Gasteiger partial charge on any atom is 0.328 e. The van der Waals surface area contributed by atoms with E-state index in [0.29, 0.717) is 17.7 Å². The standard InChI is InChI=1S/C28H26FN3O5/c1-16-7-5-6-8-20(16)21-11-10-18(13-19(21)15-36-4)26-30-24(32-37-26)17-9-12-22(23(29)14-17)25(33)31-28(2,3)27(34)35/h5-14H,15H2,1-4H3,(H,31,33)(H,34,35). The van der Waals surface area contributed by atoms with E-state index in [1.165, 1.54) is 26.0 Å². The number of ether oxygens (including phenoxy) is 1. The molecule has 3 aromatic carbocycles. The highest BCUT2D eigenvalue weighted by Gasteiger charge is 2.30. The summed E-state index contributed by atoms with van der Waals surface area (Å²) in [4.78, 5) is 28.0. The average Bonchev–Trinajstić information content (AvgIpc) is 3.35. The number of aliphatic carboxylic acids is 1. The van der Waals surface area contributed by atoms with Gasteiger partial charge in [0.25, 0.3) is 11.8 Å². The summed E-state index contributed by atoms with van der Waals surface area (Å²) in [6.07, 6.45) is 0. The van der Waals surface area contributed by atoms with Crippen LogP contribution in [0.15, 0.2) is 65.2 Å². The van der Waals surface area contributed by atoms with Crippen LogP contribution < -0.4 is 5.32 Å². The number of carbonyl (C=O) groups is 2. The van der Waals surface area contributed by atoms with E-state index in [2.05, 4.69) is 21.5 Å². The molecule has 0 aliphatic carbocycles. The van der Waals surface area contributed by atoms with Gasteiger partial charge < -0.3 is 19.7 Å². The van der Waals surface area contributed by atoms with Gasteiger partial charge in [0.2, 0.25) is 5.82 Å². The molecule has 8 nitrogen and oxygen atoms in total. The van der Waals surface area contributed by atoms with Crippen molar-refractivity contribution >= 4 is 11.9 Å². The molecule has 0 fully saturated rings. The minimum Gasteiger partial charge on any atom is -0.480 e. The first kappa shape index (κ1) is 25.7. The van der Waals surface area contributed by atoms with Crippen molar-refractivity contribution in [1.82, 2.24) is 15.5 Å². The predicted octanol–water partition coefficient (Wildman–Crippen LogP) is 5.26. The second-order valence-corrected chi connectivity index (χ2v) is 9.12. The number of rotatable bonds is 8. The topological polar surface area (TPSA) is 115 Å². The van der Waals surface area contributed by atoms with Gasteiger partial charge in [0.05, 0.1) is 12.2 Å². The normalized spacial score (nSPS) is 11.4. The van der Waals surface area contributed by atoms with Gasteiger partial charge in [-0.05, 0) is 67.3 Å². The van der Waals surface area contributed by atoms with Gasteiger partial charge in [-0.2, -0.15) is 4.98 Å². The Bertz CT molecular complexity index is 1480. The highest BCUT2D eigenvalue weighted by Crippen LogP contribution is 2.32. The van der Waals surface area contributed by atoms with Crippen LogP contribution in [-0.4, -0.2) is 39.8 Å². The molecule has 0 aliphatic rings. The molecule has 0 atom stereocenters. The number of carboxylic acid groups (broad SMARTS) is 1. The lowest BCUT2D eigenvalue weighted by molar-refractivity contribution is -0.143. The van der Waals surface area contributed by atoms with Gasteiger partial charge in [0.1, 0.15) is 11.4 Å². The molecule has 0 bridgehead atoms. The van der Waals surface area contributed by atoms with Crippen molar-refractivity contribution in [3.63, 3.8) is 0 Å². The number of amides is 1. The predicted molar refractivity (Wildman–Crippen MR) is 135 cm³/mol. The largest absolute Gasteiger partial charge is 0.480 e. The lowest BCUT2D eigenvalue weighted by Gasteiger charge is -2.21. The first-order valence-electron chi connectivity index (χ1n) is 11.5. The zero-order chi connectivity index (χ0) is 26.7. The number of nitrogens with one attached hydrogen (secondary N) is 1. The third kappa shape index (κ3) is 5.41. The lowest BCUT2D eigenvalue weighted by atomic mass is 9.94. The van der Waals surface area contributed by atoms with Crippen molar-refractivity contribution in [3.05, 3.63) is 83.2 Å². The molecule has 0 saturated heterocycles. The summed E-state index contributed by atoms with van der Waals surface area (Å²) in [6, 6.07) is 17.7. The third-order valence-corrected chi connectivity index (χ3v) is 5.95. The smallest absolute Gasteiger partial charge is 0.328 e. The molecule has 4 aromatic rings. The van der Waals surface area contributed by atoms with E-state index in [9.17, 15) is 19.1 Å². The Kier molecular flexibility index (Phi) is 7.17. The lowest BCUT2D eigenvalue weighted by Crippen LogP contribution is -2.49. The van der Waals surface area contributed by atoms with Crippen LogP contribution in [0.3, 0.4) is 0 Å². The monoisotopic (exact) mass is 503 g/mol. The number of carboxylic acids is 1. The number of hydrogen-bond donors (Lipinski definition) is 2. The van der Waals surface area contributed by atoms with Gasteiger partial charge in [-0.15, -0.1) is 0 Å². The van der Waals surface area contributed by atoms with Crippen molar-refractivity contribution < 1.29 is 28.3 Å². The molecule has 4 rings (SSSR count). The summed E-state index contributed by atoms with van der Waals surface area (Å²) in [5.41, 5.74) is 3.34. The van der Waals surface area contributed by atoms with Crippen molar-refractivity contribution in [1.29, 1.82) is 0 Å². The molecule has 0 saturated carbocycles. The van der Waals surface area contributed by atoms with E-state index in [1.54, 1.807) is 7.11 Å². The van der Waals surface area contributed by atoms with Gasteiger partial charge in [0.15, 0.2) is 0 Å². The highest BCUT2D eigenvalue weighted by molar-refractivity contribution is 5.98. The Morgan fingerprint density at radius 1 is 1.05 bits per heavy atom. The Hall–Kier alpha value is -4.37. The second-order valence-electron chi connectivity index (χ2n) is 9.12. The summed E-state index contributed by atoms with van der Waals surface area (Å²) < 4.78 is 25.6. The maximum absolute atomic E-state index is 14.8. The summed E-state index contributed by atoms with van der Waals surface area (Å²) in [5, 5.41) is 15.4. The zero-order valence-electron chi connectivity index (χ0n) is 20.8. The molecule has 0 spiro atoms. The molecule has 1 aromatic heterocycles. The van der Waals surface area contributed by atoms with Crippen molar-refractivity contribution in [2.24, 2.45) is 0 Å². The maximum atomic E-state index is 14.8. The van der Waals surface area contributed by atoms with Crippen LogP contribution in [0.2, 0.25) is 0 Å². The molecule has 1 amide bonds. The number of hydrogen-bond acceptors (Lipinski definition) is 6. The van der Waals surface area contributed by atoms with Gasteiger partial charge in [-0.3, -0.25) is 4.79 Å². The molecule has 0 unspecified atom stereocenters. The first-order chi connectivity index (χ1) is 17.6. The number of aromatic nitrogens is 2. The van der Waals surface area contributed by atoms with E-state index in [-0.39, 0.29) is 17.3 Å². The van der Waals surface area contributed by atoms with Gasteiger partial charge in [0, 0.05) is 18.2 Å². The first-order valence-corrected chi connectivity index (χ1v) is 11.5. The summed E-state index contributed by atoms with van der Waals surface area (Å²) in [6.45, 7) is 5.05. The fourth-order valence-corrected chi connectivity index (χ4v) is 3.84. The van der Waals surface area contributed by atoms with E-state index >= 15 is 0 Å². The minimum absolute atomic E-state index is 0.142. The van der Waals surface area contributed by atoms with E-state index in [1.807, 2.05) is 43.3 Å². The van der Waals surface area contributed by atoms with Crippen LogP contribution in [0.1, 0.15) is 35.3 Å². The quantitative estimate of drug-likeness (QED) is 0.337. The Morgan fingerprint density at radius 3 is 2.46 bits per heavy atom. The molecule has 0 aliphatic heterocycles. The molecule has 2 N–H and O–H groups in total. The van der Waals surface area contributed by atoms with Crippen LogP contribution in [0.25, 0.3) is 34.0 Å². The highest BCUT2D eigenvalue weighted by atomic mass is 19.1. The van der Waals surface area contributed by atoms with Crippen molar-refractivity contribution in [2.75, 3.05) is 7.11 Å². The molecule has 1 heterocycles.